The molecule has 1 rings (SSSR count). The molecule has 1 atom stereocenters. The van der Waals surface area contributed by atoms with Crippen molar-refractivity contribution in [1.29, 1.82) is 0 Å². The molecule has 1 aromatic rings. The van der Waals surface area contributed by atoms with Gasteiger partial charge in [-0.25, -0.2) is 4.79 Å². The van der Waals surface area contributed by atoms with Crippen LogP contribution in [0.25, 0.3) is 0 Å². The van der Waals surface area contributed by atoms with Crippen molar-refractivity contribution >= 4 is 17.6 Å². The molecule has 0 bridgehead atoms. The molecule has 21 heavy (non-hydrogen) atoms. The molecule has 0 saturated heterocycles. The highest BCUT2D eigenvalue weighted by Crippen LogP contribution is 2.29. The Kier molecular flexibility index (Phi) is 6.04. The second-order valence-electron chi connectivity index (χ2n) is 4.45. The molecule has 0 fully saturated rings. The zero-order valence-electron chi connectivity index (χ0n) is 11.8. The van der Waals surface area contributed by atoms with E-state index in [0.717, 1.165) is 0 Å². The number of ether oxygens (including phenoxy) is 1. The summed E-state index contributed by atoms with van der Waals surface area (Å²) in [6.45, 7) is 2.02. The van der Waals surface area contributed by atoms with Crippen LogP contribution in [-0.2, 0) is 15.1 Å². The quantitative estimate of drug-likeness (QED) is 0.812. The highest BCUT2D eigenvalue weighted by molar-refractivity contribution is 6.30. The number of benzene rings is 1. The van der Waals surface area contributed by atoms with E-state index in [0.29, 0.717) is 10.6 Å². The van der Waals surface area contributed by atoms with Gasteiger partial charge in [0.25, 0.3) is 0 Å². The number of hydrogen-bond donors (Lipinski definition) is 1. The van der Waals surface area contributed by atoms with Gasteiger partial charge in [-0.15, -0.1) is 0 Å². The second-order valence-corrected chi connectivity index (χ2v) is 4.89. The molecule has 0 aliphatic heterocycles. The van der Waals surface area contributed by atoms with Gasteiger partial charge in [-0.05, 0) is 31.0 Å². The third-order valence-corrected chi connectivity index (χ3v) is 3.33. The van der Waals surface area contributed by atoms with Gasteiger partial charge in [-0.2, -0.15) is 13.2 Å². The van der Waals surface area contributed by atoms with Crippen LogP contribution in [0.5, 0.6) is 0 Å². The van der Waals surface area contributed by atoms with Crippen molar-refractivity contribution in [3.05, 3.63) is 34.9 Å². The zero-order valence-corrected chi connectivity index (χ0v) is 12.5. The standard InChI is InChI=1S/C14H17ClF3NO2/c1-3-13(12(20)21-4-2,19-9-14(16,17)18)10-5-7-11(15)8-6-10/h5-8,19H,3-4,9H2,1-2H3. The molecule has 0 spiro atoms. The normalized spacial score (nSPS) is 14.6. The van der Waals surface area contributed by atoms with E-state index in [1.807, 2.05) is 0 Å². The minimum Gasteiger partial charge on any atom is -0.464 e. The van der Waals surface area contributed by atoms with Gasteiger partial charge in [0.05, 0.1) is 13.2 Å². The van der Waals surface area contributed by atoms with Gasteiger partial charge < -0.3 is 4.74 Å². The predicted molar refractivity (Wildman–Crippen MR) is 74.1 cm³/mol. The first-order valence-corrected chi connectivity index (χ1v) is 6.88. The van der Waals surface area contributed by atoms with Crippen molar-refractivity contribution < 1.29 is 22.7 Å². The van der Waals surface area contributed by atoms with Crippen molar-refractivity contribution in [1.82, 2.24) is 5.32 Å². The maximum atomic E-state index is 12.5. The average Bonchev–Trinajstić information content (AvgIpc) is 2.41. The molecule has 1 unspecified atom stereocenters. The van der Waals surface area contributed by atoms with Crippen molar-refractivity contribution in [2.45, 2.75) is 32.0 Å². The fourth-order valence-electron chi connectivity index (χ4n) is 2.01. The van der Waals surface area contributed by atoms with E-state index in [2.05, 4.69) is 5.32 Å². The third kappa shape index (κ3) is 4.61. The molecule has 118 valence electrons. The number of nitrogens with one attached hydrogen (secondary N) is 1. The smallest absolute Gasteiger partial charge is 0.401 e. The monoisotopic (exact) mass is 323 g/mol. The van der Waals surface area contributed by atoms with Crippen LogP contribution in [0.15, 0.2) is 24.3 Å². The molecule has 7 heteroatoms. The topological polar surface area (TPSA) is 38.3 Å². The highest BCUT2D eigenvalue weighted by Gasteiger charge is 2.42. The Labute approximate surface area is 126 Å². The van der Waals surface area contributed by atoms with E-state index in [9.17, 15) is 18.0 Å². The summed E-state index contributed by atoms with van der Waals surface area (Å²) in [5.74, 6) is -0.737. The van der Waals surface area contributed by atoms with Gasteiger partial charge in [0.1, 0.15) is 5.54 Å². The molecule has 0 aliphatic carbocycles. The maximum Gasteiger partial charge on any atom is 0.401 e. The molecule has 0 aliphatic rings. The van der Waals surface area contributed by atoms with Crippen molar-refractivity contribution in [3.63, 3.8) is 0 Å². The lowest BCUT2D eigenvalue weighted by atomic mass is 9.87. The van der Waals surface area contributed by atoms with E-state index < -0.39 is 24.2 Å². The van der Waals surface area contributed by atoms with Crippen LogP contribution in [0.3, 0.4) is 0 Å². The molecular weight excluding hydrogens is 307 g/mol. The van der Waals surface area contributed by atoms with E-state index in [4.69, 9.17) is 16.3 Å². The molecular formula is C14H17ClF3NO2. The summed E-state index contributed by atoms with van der Waals surface area (Å²) in [5, 5.41) is 2.73. The van der Waals surface area contributed by atoms with Crippen LogP contribution in [0.1, 0.15) is 25.8 Å². The Morgan fingerprint density at radius 1 is 1.24 bits per heavy atom. The lowest BCUT2D eigenvalue weighted by molar-refractivity contribution is -0.156. The first-order chi connectivity index (χ1) is 9.75. The first-order valence-electron chi connectivity index (χ1n) is 6.50. The molecule has 0 amide bonds. The van der Waals surface area contributed by atoms with Gasteiger partial charge >= 0.3 is 12.1 Å². The van der Waals surface area contributed by atoms with Gasteiger partial charge in [0.2, 0.25) is 0 Å². The number of halogens is 4. The molecule has 0 aromatic heterocycles. The number of alkyl halides is 3. The van der Waals surface area contributed by atoms with Crippen LogP contribution in [0.4, 0.5) is 13.2 Å². The van der Waals surface area contributed by atoms with E-state index >= 15 is 0 Å². The number of esters is 1. The Balaban J connectivity index is 3.18. The Morgan fingerprint density at radius 2 is 1.81 bits per heavy atom. The number of rotatable bonds is 6. The molecule has 1 N–H and O–H groups in total. The summed E-state index contributed by atoms with van der Waals surface area (Å²) in [6, 6.07) is 6.09. The number of carbonyl (C=O) groups is 1. The van der Waals surface area contributed by atoms with Crippen LogP contribution >= 0.6 is 11.6 Å². The van der Waals surface area contributed by atoms with Gasteiger partial charge in [0.15, 0.2) is 0 Å². The van der Waals surface area contributed by atoms with Gasteiger partial charge in [0, 0.05) is 5.02 Å². The maximum absolute atomic E-state index is 12.5. The van der Waals surface area contributed by atoms with Gasteiger partial charge in [-0.3, -0.25) is 5.32 Å². The molecule has 3 nitrogen and oxygen atoms in total. The van der Waals surface area contributed by atoms with Crippen molar-refractivity contribution in [2.24, 2.45) is 0 Å². The summed E-state index contributed by atoms with van der Waals surface area (Å²) >= 11 is 5.78. The summed E-state index contributed by atoms with van der Waals surface area (Å²) < 4.78 is 42.5. The van der Waals surface area contributed by atoms with Crippen LogP contribution < -0.4 is 5.32 Å². The Morgan fingerprint density at radius 3 is 2.24 bits per heavy atom. The largest absolute Gasteiger partial charge is 0.464 e. The number of carbonyl (C=O) groups excluding carboxylic acids is 1. The fourth-order valence-corrected chi connectivity index (χ4v) is 2.13. The minimum absolute atomic E-state index is 0.0852. The Hall–Kier alpha value is -1.27. The highest BCUT2D eigenvalue weighted by atomic mass is 35.5. The van der Waals surface area contributed by atoms with Crippen LogP contribution in [0.2, 0.25) is 5.02 Å². The summed E-state index contributed by atoms with van der Waals surface area (Å²) in [6.07, 6.45) is -4.32. The number of hydrogen-bond acceptors (Lipinski definition) is 3. The summed E-state index contributed by atoms with van der Waals surface area (Å²) in [5.41, 5.74) is -1.16. The Bertz CT molecular complexity index is 476. The third-order valence-electron chi connectivity index (χ3n) is 3.08. The lowest BCUT2D eigenvalue weighted by Crippen LogP contribution is -2.52. The zero-order chi connectivity index (χ0) is 16.1. The second kappa shape index (κ2) is 7.13. The molecule has 1 aromatic carbocycles. The van der Waals surface area contributed by atoms with Crippen molar-refractivity contribution in [3.8, 4) is 0 Å². The van der Waals surface area contributed by atoms with Gasteiger partial charge in [-0.1, -0.05) is 30.7 Å². The summed E-state index contributed by atoms with van der Waals surface area (Å²) in [7, 11) is 0. The summed E-state index contributed by atoms with van der Waals surface area (Å²) in [4.78, 5) is 12.2. The fraction of sp³-hybridized carbons (Fsp3) is 0.500. The van der Waals surface area contributed by atoms with E-state index in [1.54, 1.807) is 13.8 Å². The van der Waals surface area contributed by atoms with E-state index in [1.165, 1.54) is 24.3 Å². The SMILES string of the molecule is CCOC(=O)C(CC)(NCC(F)(F)F)c1ccc(Cl)cc1. The van der Waals surface area contributed by atoms with Crippen LogP contribution in [-0.4, -0.2) is 25.3 Å². The first kappa shape index (κ1) is 17.8. The van der Waals surface area contributed by atoms with Crippen LogP contribution in [0, 0.1) is 0 Å². The lowest BCUT2D eigenvalue weighted by Gasteiger charge is -2.32. The predicted octanol–water partition coefficient (Wildman–Crippen LogP) is 3.66. The molecule has 0 radical (unpaired) electrons. The minimum atomic E-state index is -4.43. The molecule has 0 heterocycles. The molecule has 0 saturated carbocycles. The average molecular weight is 324 g/mol. The van der Waals surface area contributed by atoms with Crippen molar-refractivity contribution in [2.75, 3.05) is 13.2 Å². The van der Waals surface area contributed by atoms with E-state index in [-0.39, 0.29) is 13.0 Å².